The average molecular weight is 915 g/mol. The van der Waals surface area contributed by atoms with E-state index in [0.717, 1.165) is 38.8 Å². The van der Waals surface area contributed by atoms with E-state index in [4.69, 9.17) is 43.1 Å². The van der Waals surface area contributed by atoms with Crippen molar-refractivity contribution in [3.05, 3.63) is 53.6 Å². The van der Waals surface area contributed by atoms with E-state index in [-0.39, 0.29) is 77.2 Å². The van der Waals surface area contributed by atoms with Gasteiger partial charge in [0.25, 0.3) is 0 Å². The lowest BCUT2D eigenvalue weighted by Crippen LogP contribution is -2.63. The summed E-state index contributed by atoms with van der Waals surface area (Å²) in [5, 5.41) is 1.60. The van der Waals surface area contributed by atoms with Crippen molar-refractivity contribution < 1.29 is 41.7 Å². The Bertz CT molecular complexity index is 2520. The molecule has 5 aliphatic rings. The molecule has 4 aromatic rings. The molecule has 4 aliphatic heterocycles. The quantitative estimate of drug-likeness (QED) is 0.0722. The summed E-state index contributed by atoms with van der Waals surface area (Å²) in [4.78, 5) is 35.0. The average Bonchev–Trinajstić information content (AvgIpc) is 3.79. The SMILES string of the molecule is CCc1c(F)ccc2cc(OCOC)cc(-c3nc4c5c(nc(OCC6(CN7CC=CC7CO[Si](C)(C)C(C)(C)C)CC6)nc5c3F)N3CC5CCC(C3CO4)N5C(=O)OC(C)(C)C)c12. The van der Waals surface area contributed by atoms with Gasteiger partial charge < -0.3 is 33.0 Å². The summed E-state index contributed by atoms with van der Waals surface area (Å²) < 4.78 is 70.4. The van der Waals surface area contributed by atoms with Crippen LogP contribution >= 0.6 is 0 Å². The van der Waals surface area contributed by atoms with E-state index in [2.05, 4.69) is 55.8 Å². The van der Waals surface area contributed by atoms with Crippen molar-refractivity contribution in [2.75, 3.05) is 58.3 Å². The molecule has 0 radical (unpaired) electrons. The van der Waals surface area contributed by atoms with Crippen LogP contribution in [-0.4, -0.2) is 122 Å². The number of rotatable bonds is 13. The largest absolute Gasteiger partial charge is 0.475 e. The Kier molecular flexibility index (Phi) is 11.8. The molecule has 1 aliphatic carbocycles. The van der Waals surface area contributed by atoms with Crippen molar-refractivity contribution in [3.8, 4) is 28.9 Å². The van der Waals surface area contributed by atoms with Gasteiger partial charge >= 0.3 is 12.1 Å². The van der Waals surface area contributed by atoms with Crippen LogP contribution in [0.1, 0.15) is 79.7 Å². The minimum Gasteiger partial charge on any atom is -0.475 e. The molecule has 350 valence electrons. The first-order valence-electron chi connectivity index (χ1n) is 23.2. The molecule has 2 aromatic carbocycles. The van der Waals surface area contributed by atoms with Crippen LogP contribution < -0.4 is 19.1 Å². The van der Waals surface area contributed by atoms with Crippen molar-refractivity contribution in [2.24, 2.45) is 5.41 Å². The molecule has 4 unspecified atom stereocenters. The first kappa shape index (κ1) is 45.5. The maximum atomic E-state index is 17.8. The van der Waals surface area contributed by atoms with Gasteiger partial charge in [0, 0.05) is 37.7 Å². The predicted molar refractivity (Wildman–Crippen MR) is 248 cm³/mol. The van der Waals surface area contributed by atoms with E-state index in [9.17, 15) is 4.79 Å². The lowest BCUT2D eigenvalue weighted by molar-refractivity contribution is 0.00537. The summed E-state index contributed by atoms with van der Waals surface area (Å²) >= 11 is 0. The first-order valence-corrected chi connectivity index (χ1v) is 26.1. The third-order valence-electron chi connectivity index (χ3n) is 14.5. The number of methoxy groups -OCH3 is 1. The molecular weight excluding hydrogens is 851 g/mol. The molecule has 65 heavy (non-hydrogen) atoms. The highest BCUT2D eigenvalue weighted by molar-refractivity contribution is 6.74. The minimum atomic E-state index is -1.94. The van der Waals surface area contributed by atoms with E-state index in [1.165, 1.54) is 13.2 Å². The number of nitrogens with zero attached hydrogens (tertiary/aromatic N) is 6. The van der Waals surface area contributed by atoms with E-state index in [1.54, 1.807) is 18.2 Å². The van der Waals surface area contributed by atoms with Crippen LogP contribution in [-0.2, 0) is 20.3 Å². The Morgan fingerprint density at radius 3 is 2.49 bits per heavy atom. The van der Waals surface area contributed by atoms with E-state index >= 15 is 8.78 Å². The summed E-state index contributed by atoms with van der Waals surface area (Å²) in [7, 11) is -0.422. The van der Waals surface area contributed by atoms with Crippen LogP contribution in [0.3, 0.4) is 0 Å². The fourth-order valence-corrected chi connectivity index (χ4v) is 10.8. The molecule has 0 spiro atoms. The number of benzene rings is 2. The number of pyridine rings is 1. The summed E-state index contributed by atoms with van der Waals surface area (Å²) in [6.07, 6.45) is 7.91. The summed E-state index contributed by atoms with van der Waals surface area (Å²) in [6.45, 7) is 22.0. The zero-order valence-corrected chi connectivity index (χ0v) is 40.6. The van der Waals surface area contributed by atoms with E-state index < -0.39 is 25.6 Å². The number of fused-ring (bicyclic) bond motifs is 6. The highest BCUT2D eigenvalue weighted by atomic mass is 28.4. The molecule has 0 N–H and O–H groups in total. The van der Waals surface area contributed by atoms with Gasteiger partial charge in [-0.15, -0.1) is 0 Å². The Morgan fingerprint density at radius 1 is 1.00 bits per heavy atom. The molecule has 1 saturated carbocycles. The van der Waals surface area contributed by atoms with Gasteiger partial charge in [-0.2, -0.15) is 9.97 Å². The van der Waals surface area contributed by atoms with Crippen LogP contribution in [0.2, 0.25) is 18.1 Å². The van der Waals surface area contributed by atoms with Crippen LogP contribution in [0.15, 0.2) is 36.4 Å². The second-order valence-electron chi connectivity index (χ2n) is 21.1. The van der Waals surface area contributed by atoms with Gasteiger partial charge in [0.1, 0.15) is 46.2 Å². The molecule has 2 bridgehead atoms. The van der Waals surface area contributed by atoms with Gasteiger partial charge in [0.15, 0.2) is 20.9 Å². The van der Waals surface area contributed by atoms with Gasteiger partial charge in [-0.1, -0.05) is 45.9 Å². The van der Waals surface area contributed by atoms with Gasteiger partial charge in [0.05, 0.1) is 37.4 Å². The number of amides is 1. The number of anilines is 1. The number of carbonyl (C=O) groups is 1. The van der Waals surface area contributed by atoms with Gasteiger partial charge in [0.2, 0.25) is 5.88 Å². The Labute approximate surface area is 381 Å². The predicted octanol–water partition coefficient (Wildman–Crippen LogP) is 9.44. The molecule has 16 heteroatoms. The Hall–Kier alpha value is -4.64. The van der Waals surface area contributed by atoms with Gasteiger partial charge in [-0.05, 0) is 106 Å². The van der Waals surface area contributed by atoms with Crippen molar-refractivity contribution in [2.45, 2.75) is 128 Å². The van der Waals surface area contributed by atoms with Crippen molar-refractivity contribution >= 4 is 41.9 Å². The number of aromatic nitrogens is 3. The van der Waals surface area contributed by atoms with Crippen LogP contribution in [0.25, 0.3) is 32.9 Å². The van der Waals surface area contributed by atoms with E-state index in [1.807, 2.05) is 32.6 Å². The number of piperazine rings is 1. The summed E-state index contributed by atoms with van der Waals surface area (Å²) in [6, 6.07) is 5.95. The van der Waals surface area contributed by atoms with Gasteiger partial charge in [-0.3, -0.25) is 9.80 Å². The molecule has 1 amide bonds. The number of aryl methyl sites for hydroxylation is 1. The summed E-state index contributed by atoms with van der Waals surface area (Å²) in [5.74, 6) is -0.142. The van der Waals surface area contributed by atoms with Crippen LogP contribution in [0, 0.1) is 17.0 Å². The first-order chi connectivity index (χ1) is 30.8. The molecule has 6 heterocycles. The standard InChI is InChI=1S/C49H64F2N6O7Si/c1-11-33-35(50)16-14-29-21-32(62-28-59-8)22-34(38(29)33)41-40(51)42-39-43(56-23-30-15-17-36(37(56)25-60-44(39)52-41)57(30)46(58)64-47(2,3)4)54-45(53-42)61-27-49(18-19-49)26-55-20-12-13-31(55)24-63-65(9,10)48(5,6)7/h12-14,16,21-22,30-31,36-37H,11,15,17-20,23-28H2,1-10H3. The normalized spacial score (nSPS) is 22.6. The highest BCUT2D eigenvalue weighted by Gasteiger charge is 2.52. The summed E-state index contributed by atoms with van der Waals surface area (Å²) in [5.41, 5.74) is -0.149. The number of hydrogen-bond acceptors (Lipinski definition) is 12. The molecule has 9 rings (SSSR count). The molecule has 2 aromatic heterocycles. The van der Waals surface area contributed by atoms with Crippen LogP contribution in [0.5, 0.6) is 17.6 Å². The Morgan fingerprint density at radius 2 is 1.78 bits per heavy atom. The van der Waals surface area contributed by atoms with E-state index in [0.29, 0.717) is 65.0 Å². The zero-order valence-electron chi connectivity index (χ0n) is 39.6. The van der Waals surface area contributed by atoms with Gasteiger partial charge in [-0.25, -0.2) is 18.6 Å². The lowest BCUT2D eigenvalue weighted by Gasteiger charge is -2.46. The Balaban J connectivity index is 1.11. The zero-order chi connectivity index (χ0) is 46.2. The maximum absolute atomic E-state index is 17.8. The molecule has 3 fully saturated rings. The third-order valence-corrected chi connectivity index (χ3v) is 19.0. The smallest absolute Gasteiger partial charge is 0.410 e. The molecule has 13 nitrogen and oxygen atoms in total. The fourth-order valence-electron chi connectivity index (χ4n) is 9.77. The lowest BCUT2D eigenvalue weighted by atomic mass is 9.94. The van der Waals surface area contributed by atoms with Crippen molar-refractivity contribution in [1.29, 1.82) is 0 Å². The second-order valence-corrected chi connectivity index (χ2v) is 25.9. The van der Waals surface area contributed by atoms with Crippen LogP contribution in [0.4, 0.5) is 19.4 Å². The van der Waals surface area contributed by atoms with Crippen molar-refractivity contribution in [1.82, 2.24) is 24.8 Å². The highest BCUT2D eigenvalue weighted by Crippen LogP contribution is 2.49. The topological polar surface area (TPSA) is 121 Å². The second kappa shape index (κ2) is 16.9. The molecule has 4 atom stereocenters. The number of halogens is 2. The molecular formula is C49H64F2N6O7Si. The fraction of sp³-hybridized carbons (Fsp3) is 0.592. The monoisotopic (exact) mass is 914 g/mol. The minimum absolute atomic E-state index is 0.0187. The number of ether oxygens (including phenoxy) is 5. The third kappa shape index (κ3) is 8.64. The number of hydrogen-bond donors (Lipinski definition) is 0. The maximum Gasteiger partial charge on any atom is 0.410 e. The van der Waals surface area contributed by atoms with Crippen molar-refractivity contribution in [3.63, 3.8) is 0 Å². The number of carbonyl (C=O) groups excluding carboxylic acids is 1. The molecule has 2 saturated heterocycles.